The first kappa shape index (κ1) is 23.8. The maximum absolute atomic E-state index is 13.9. The Morgan fingerprint density at radius 1 is 0.970 bits per heavy atom. The van der Waals surface area contributed by atoms with Crippen LogP contribution in [0.15, 0.2) is 65.6 Å². The molecule has 1 N–H and O–H groups in total. The average Bonchev–Trinajstić information content (AvgIpc) is 2.81. The molecule has 2 aromatic carbocycles. The minimum atomic E-state index is -1.71. The summed E-state index contributed by atoms with van der Waals surface area (Å²) < 4.78 is 41.8. The van der Waals surface area contributed by atoms with Gasteiger partial charge in [0.1, 0.15) is 12.1 Å². The Morgan fingerprint density at radius 3 is 2.39 bits per heavy atom. The molecule has 1 heterocycles. The van der Waals surface area contributed by atoms with Crippen molar-refractivity contribution in [1.29, 1.82) is 0 Å². The van der Waals surface area contributed by atoms with E-state index in [1.54, 1.807) is 19.2 Å². The predicted octanol–water partition coefficient (Wildman–Crippen LogP) is 3.80. The lowest BCUT2D eigenvalue weighted by molar-refractivity contribution is -0.116. The minimum absolute atomic E-state index is 0.117. The molecule has 0 aliphatic heterocycles. The van der Waals surface area contributed by atoms with Gasteiger partial charge in [0.05, 0.1) is 12.2 Å². The van der Waals surface area contributed by atoms with Gasteiger partial charge in [-0.2, -0.15) is 0 Å². The van der Waals surface area contributed by atoms with Crippen molar-refractivity contribution in [2.75, 3.05) is 18.4 Å². The molecule has 0 unspecified atom stereocenters. The number of nitrogens with zero attached hydrogens (tertiary/aromatic N) is 2. The van der Waals surface area contributed by atoms with Crippen LogP contribution in [-0.2, 0) is 11.3 Å². The van der Waals surface area contributed by atoms with Crippen LogP contribution in [0.4, 0.5) is 18.9 Å². The maximum atomic E-state index is 13.9. The van der Waals surface area contributed by atoms with Crippen LogP contribution >= 0.6 is 0 Å². The summed E-state index contributed by atoms with van der Waals surface area (Å²) in [5, 5.41) is 2.13. The van der Waals surface area contributed by atoms with Crippen molar-refractivity contribution in [3.05, 3.63) is 99.7 Å². The fourth-order valence-corrected chi connectivity index (χ4v) is 3.28. The molecule has 6 nitrogen and oxygen atoms in total. The van der Waals surface area contributed by atoms with E-state index in [4.69, 9.17) is 0 Å². The Balaban J connectivity index is 1.79. The normalized spacial score (nSPS) is 10.7. The number of nitrogens with one attached hydrogen (secondary N) is 1. The SMILES string of the molecule is CCCN(CC(=O)Nc1ccc(F)c(F)c1F)C(=O)c1cccn(Cc2ccccc2)c1=O. The molecule has 2 amide bonds. The van der Waals surface area contributed by atoms with Gasteiger partial charge in [-0.1, -0.05) is 37.3 Å². The van der Waals surface area contributed by atoms with Crippen LogP contribution in [0.5, 0.6) is 0 Å². The van der Waals surface area contributed by atoms with E-state index in [0.717, 1.165) is 16.5 Å². The van der Waals surface area contributed by atoms with Crippen molar-refractivity contribution in [3.63, 3.8) is 0 Å². The average molecular weight is 457 g/mol. The molecule has 0 aliphatic rings. The van der Waals surface area contributed by atoms with Gasteiger partial charge in [-0.25, -0.2) is 13.2 Å². The zero-order chi connectivity index (χ0) is 24.0. The zero-order valence-electron chi connectivity index (χ0n) is 17.9. The third-order valence-electron chi connectivity index (χ3n) is 4.87. The summed E-state index contributed by atoms with van der Waals surface area (Å²) in [6.07, 6.45) is 2.05. The monoisotopic (exact) mass is 457 g/mol. The van der Waals surface area contributed by atoms with Gasteiger partial charge < -0.3 is 14.8 Å². The van der Waals surface area contributed by atoms with E-state index in [9.17, 15) is 27.6 Å². The van der Waals surface area contributed by atoms with Gasteiger partial charge >= 0.3 is 0 Å². The fourth-order valence-electron chi connectivity index (χ4n) is 3.28. The predicted molar refractivity (Wildman–Crippen MR) is 117 cm³/mol. The van der Waals surface area contributed by atoms with Crippen LogP contribution in [0.25, 0.3) is 0 Å². The molecule has 0 spiro atoms. The number of hydrogen-bond acceptors (Lipinski definition) is 3. The Hall–Kier alpha value is -3.88. The first-order valence-electron chi connectivity index (χ1n) is 10.3. The Kier molecular flexibility index (Phi) is 7.66. The highest BCUT2D eigenvalue weighted by Gasteiger charge is 2.23. The minimum Gasteiger partial charge on any atom is -0.329 e. The molecule has 0 saturated carbocycles. The maximum Gasteiger partial charge on any atom is 0.263 e. The third kappa shape index (κ3) is 5.68. The molecule has 0 saturated heterocycles. The van der Waals surface area contributed by atoms with E-state index in [1.807, 2.05) is 30.3 Å². The van der Waals surface area contributed by atoms with Gasteiger partial charge in [0.15, 0.2) is 17.5 Å². The number of anilines is 1. The number of carbonyl (C=O) groups is 2. The zero-order valence-corrected chi connectivity index (χ0v) is 17.9. The summed E-state index contributed by atoms with van der Waals surface area (Å²) in [7, 11) is 0. The van der Waals surface area contributed by atoms with E-state index in [0.29, 0.717) is 12.5 Å². The molecule has 172 valence electrons. The van der Waals surface area contributed by atoms with Crippen molar-refractivity contribution in [3.8, 4) is 0 Å². The molecule has 9 heteroatoms. The van der Waals surface area contributed by atoms with Crippen molar-refractivity contribution >= 4 is 17.5 Å². The summed E-state index contributed by atoms with van der Waals surface area (Å²) >= 11 is 0. The van der Waals surface area contributed by atoms with Crippen molar-refractivity contribution in [2.45, 2.75) is 19.9 Å². The number of halogens is 3. The Morgan fingerprint density at radius 2 is 1.70 bits per heavy atom. The Labute approximate surface area is 188 Å². The van der Waals surface area contributed by atoms with Crippen molar-refractivity contribution in [2.24, 2.45) is 0 Å². The number of rotatable bonds is 8. The van der Waals surface area contributed by atoms with E-state index in [2.05, 4.69) is 5.32 Å². The largest absolute Gasteiger partial charge is 0.329 e. The molecule has 0 atom stereocenters. The third-order valence-corrected chi connectivity index (χ3v) is 4.87. The lowest BCUT2D eigenvalue weighted by Crippen LogP contribution is -2.41. The highest BCUT2D eigenvalue weighted by atomic mass is 19.2. The molecule has 0 aliphatic carbocycles. The number of aromatic nitrogens is 1. The molecular formula is C24H22F3N3O3. The lowest BCUT2D eigenvalue weighted by atomic mass is 10.2. The van der Waals surface area contributed by atoms with Gasteiger partial charge in [-0.3, -0.25) is 14.4 Å². The van der Waals surface area contributed by atoms with Crippen LogP contribution in [0, 0.1) is 17.5 Å². The van der Waals surface area contributed by atoms with Crippen molar-refractivity contribution < 1.29 is 22.8 Å². The smallest absolute Gasteiger partial charge is 0.263 e. The number of benzene rings is 2. The lowest BCUT2D eigenvalue weighted by Gasteiger charge is -2.22. The van der Waals surface area contributed by atoms with Crippen LogP contribution in [0.1, 0.15) is 29.3 Å². The molecule has 0 radical (unpaired) electrons. The topological polar surface area (TPSA) is 71.4 Å². The van der Waals surface area contributed by atoms with Gasteiger partial charge in [0.2, 0.25) is 5.91 Å². The van der Waals surface area contributed by atoms with Gasteiger partial charge in [-0.15, -0.1) is 0 Å². The van der Waals surface area contributed by atoms with E-state index < -0.39 is 47.1 Å². The molecule has 1 aromatic heterocycles. The molecule has 33 heavy (non-hydrogen) atoms. The number of hydrogen-bond donors (Lipinski definition) is 1. The first-order valence-corrected chi connectivity index (χ1v) is 10.3. The summed E-state index contributed by atoms with van der Waals surface area (Å²) in [5.74, 6) is -6.11. The first-order chi connectivity index (χ1) is 15.8. The van der Waals surface area contributed by atoms with Crippen LogP contribution in [0.2, 0.25) is 0 Å². The summed E-state index contributed by atoms with van der Waals surface area (Å²) in [6, 6.07) is 13.8. The molecule has 0 fully saturated rings. The number of carbonyl (C=O) groups excluding carboxylic acids is 2. The molecule has 3 rings (SSSR count). The fraction of sp³-hybridized carbons (Fsp3) is 0.208. The number of pyridine rings is 1. The van der Waals surface area contributed by atoms with E-state index >= 15 is 0 Å². The van der Waals surface area contributed by atoms with Gasteiger partial charge in [0, 0.05) is 12.7 Å². The highest BCUT2D eigenvalue weighted by Crippen LogP contribution is 2.19. The van der Waals surface area contributed by atoms with Crippen LogP contribution < -0.4 is 10.9 Å². The second kappa shape index (κ2) is 10.6. The quantitative estimate of drug-likeness (QED) is 0.523. The highest BCUT2D eigenvalue weighted by molar-refractivity contribution is 5.99. The van der Waals surface area contributed by atoms with Gasteiger partial charge in [-0.05, 0) is 36.2 Å². The summed E-state index contributed by atoms with van der Waals surface area (Å²) in [6.45, 7) is 1.70. The van der Waals surface area contributed by atoms with E-state index in [-0.39, 0.29) is 18.7 Å². The Bertz CT molecular complexity index is 1210. The summed E-state index contributed by atoms with van der Waals surface area (Å²) in [4.78, 5) is 39.5. The summed E-state index contributed by atoms with van der Waals surface area (Å²) in [5.41, 5.74) is -0.302. The van der Waals surface area contributed by atoms with Crippen LogP contribution in [0.3, 0.4) is 0 Å². The van der Waals surface area contributed by atoms with Crippen molar-refractivity contribution in [1.82, 2.24) is 9.47 Å². The van der Waals surface area contributed by atoms with Gasteiger partial charge in [0.25, 0.3) is 11.5 Å². The second-order valence-electron chi connectivity index (χ2n) is 7.34. The second-order valence-corrected chi connectivity index (χ2v) is 7.34. The van der Waals surface area contributed by atoms with E-state index in [1.165, 1.54) is 10.6 Å². The number of amides is 2. The standard InChI is InChI=1S/C24H22F3N3O3/c1-2-12-29(15-20(31)28-19-11-10-18(25)21(26)22(19)27)23(32)17-9-6-13-30(24(17)33)14-16-7-4-3-5-8-16/h3-11,13H,2,12,14-15H2,1H3,(H,28,31). The van der Waals surface area contributed by atoms with Crippen LogP contribution in [-0.4, -0.2) is 34.4 Å². The molecule has 3 aromatic rings. The molecule has 0 bridgehead atoms. The molecular weight excluding hydrogens is 435 g/mol.